The largest absolute Gasteiger partial charge is 0.396 e. The first-order valence-electron chi connectivity index (χ1n) is 5.21. The molecule has 3 N–H and O–H groups in total. The van der Waals surface area contributed by atoms with Crippen LogP contribution in [0.3, 0.4) is 0 Å². The van der Waals surface area contributed by atoms with E-state index in [0.29, 0.717) is 6.42 Å². The molecule has 0 saturated carbocycles. The molecule has 1 aromatic rings. The maximum atomic E-state index is 8.97. The Bertz CT molecular complexity index is 254. The zero-order chi connectivity index (χ0) is 10.9. The molecule has 15 heavy (non-hydrogen) atoms. The molecule has 0 spiro atoms. The molecule has 4 heteroatoms. The van der Waals surface area contributed by atoms with Crippen molar-refractivity contribution in [2.24, 2.45) is 0 Å². The molecule has 0 amide bonds. The van der Waals surface area contributed by atoms with Crippen molar-refractivity contribution in [2.45, 2.75) is 18.9 Å². The van der Waals surface area contributed by atoms with Crippen molar-refractivity contribution in [1.29, 1.82) is 0 Å². The van der Waals surface area contributed by atoms with E-state index < -0.39 is 0 Å². The summed E-state index contributed by atoms with van der Waals surface area (Å²) >= 11 is 0. The van der Waals surface area contributed by atoms with Gasteiger partial charge in [-0.05, 0) is 37.1 Å². The quantitative estimate of drug-likeness (QED) is 0.590. The van der Waals surface area contributed by atoms with E-state index in [9.17, 15) is 0 Å². The van der Waals surface area contributed by atoms with E-state index in [1.54, 1.807) is 12.4 Å². The van der Waals surface area contributed by atoms with Crippen LogP contribution in [0.1, 0.15) is 12.0 Å². The molecular formula is C11H18N2O2. The number of nitrogens with one attached hydrogen (secondary N) is 1. The minimum atomic E-state index is -0.00293. The first-order chi connectivity index (χ1) is 7.36. The highest BCUT2D eigenvalue weighted by Crippen LogP contribution is 1.97. The lowest BCUT2D eigenvalue weighted by atomic mass is 10.2. The predicted molar refractivity (Wildman–Crippen MR) is 58.5 cm³/mol. The highest BCUT2D eigenvalue weighted by Gasteiger charge is 2.04. The van der Waals surface area contributed by atoms with Crippen molar-refractivity contribution in [2.75, 3.05) is 19.8 Å². The number of hydrogen-bond acceptors (Lipinski definition) is 4. The minimum Gasteiger partial charge on any atom is -0.396 e. The maximum absolute atomic E-state index is 8.97. The van der Waals surface area contributed by atoms with Gasteiger partial charge >= 0.3 is 0 Å². The van der Waals surface area contributed by atoms with E-state index in [0.717, 1.165) is 13.0 Å². The molecule has 0 bridgehead atoms. The van der Waals surface area contributed by atoms with Gasteiger partial charge in [-0.3, -0.25) is 4.98 Å². The van der Waals surface area contributed by atoms with Crippen molar-refractivity contribution < 1.29 is 10.2 Å². The topological polar surface area (TPSA) is 65.4 Å². The fourth-order valence-electron chi connectivity index (χ4n) is 1.38. The molecule has 1 rings (SSSR count). The Morgan fingerprint density at radius 3 is 2.60 bits per heavy atom. The van der Waals surface area contributed by atoms with Gasteiger partial charge in [0.2, 0.25) is 0 Å². The second-order valence-corrected chi connectivity index (χ2v) is 3.45. The zero-order valence-electron chi connectivity index (χ0n) is 8.76. The van der Waals surface area contributed by atoms with Gasteiger partial charge in [-0.15, -0.1) is 0 Å². The normalized spacial score (nSPS) is 12.7. The van der Waals surface area contributed by atoms with Crippen molar-refractivity contribution in [1.82, 2.24) is 10.3 Å². The van der Waals surface area contributed by atoms with Crippen LogP contribution in [0.2, 0.25) is 0 Å². The van der Waals surface area contributed by atoms with E-state index in [2.05, 4.69) is 10.3 Å². The van der Waals surface area contributed by atoms with Gasteiger partial charge in [0.15, 0.2) is 0 Å². The Morgan fingerprint density at radius 1 is 1.27 bits per heavy atom. The molecule has 1 unspecified atom stereocenters. The number of rotatable bonds is 7. The van der Waals surface area contributed by atoms with E-state index in [1.165, 1.54) is 5.56 Å². The Balaban J connectivity index is 2.20. The lowest BCUT2D eigenvalue weighted by Crippen LogP contribution is -2.34. The molecule has 4 nitrogen and oxygen atoms in total. The van der Waals surface area contributed by atoms with Gasteiger partial charge in [0.1, 0.15) is 0 Å². The van der Waals surface area contributed by atoms with Gasteiger partial charge in [0.25, 0.3) is 0 Å². The summed E-state index contributed by atoms with van der Waals surface area (Å²) in [5, 5.41) is 20.9. The van der Waals surface area contributed by atoms with Crippen LogP contribution in [0.5, 0.6) is 0 Å². The average molecular weight is 210 g/mol. The molecule has 0 aliphatic carbocycles. The molecule has 84 valence electrons. The zero-order valence-corrected chi connectivity index (χ0v) is 8.76. The number of aliphatic hydroxyl groups is 2. The number of aromatic nitrogens is 1. The number of pyridine rings is 1. The number of nitrogens with zero attached hydrogens (tertiary/aromatic N) is 1. The van der Waals surface area contributed by atoms with Gasteiger partial charge < -0.3 is 15.5 Å². The molecule has 0 radical (unpaired) electrons. The standard InChI is InChI=1S/C11H18N2O2/c14-8-4-11(9-15)13-7-3-10-1-5-12-6-2-10/h1-2,5-6,11,13-15H,3-4,7-9H2. The number of hydrogen-bond donors (Lipinski definition) is 3. The van der Waals surface area contributed by atoms with E-state index >= 15 is 0 Å². The van der Waals surface area contributed by atoms with Crippen LogP contribution >= 0.6 is 0 Å². The molecule has 1 atom stereocenters. The molecule has 0 fully saturated rings. The average Bonchev–Trinajstić information content (AvgIpc) is 2.29. The van der Waals surface area contributed by atoms with Crippen LogP contribution in [0, 0.1) is 0 Å². The van der Waals surface area contributed by atoms with E-state index in [-0.39, 0.29) is 19.3 Å². The summed E-state index contributed by atoms with van der Waals surface area (Å²) in [7, 11) is 0. The maximum Gasteiger partial charge on any atom is 0.0585 e. The summed E-state index contributed by atoms with van der Waals surface area (Å²) in [6.45, 7) is 0.972. The third-order valence-electron chi connectivity index (χ3n) is 2.29. The van der Waals surface area contributed by atoms with Crippen LogP contribution in [0.15, 0.2) is 24.5 Å². The molecular weight excluding hydrogens is 192 g/mol. The summed E-state index contributed by atoms with van der Waals surface area (Å²) in [5.41, 5.74) is 1.22. The minimum absolute atomic E-state index is 0.00293. The van der Waals surface area contributed by atoms with E-state index in [4.69, 9.17) is 10.2 Å². The predicted octanol–water partition coefficient (Wildman–Crippen LogP) is -0.0430. The monoisotopic (exact) mass is 210 g/mol. The first-order valence-corrected chi connectivity index (χ1v) is 5.21. The van der Waals surface area contributed by atoms with E-state index in [1.807, 2.05) is 12.1 Å². The SMILES string of the molecule is OCCC(CO)NCCc1ccncc1. The summed E-state index contributed by atoms with van der Waals surface area (Å²) in [6, 6.07) is 3.94. The van der Waals surface area contributed by atoms with Gasteiger partial charge in [0, 0.05) is 25.0 Å². The smallest absolute Gasteiger partial charge is 0.0585 e. The summed E-state index contributed by atoms with van der Waals surface area (Å²) in [4.78, 5) is 3.94. The Hall–Kier alpha value is -0.970. The molecule has 1 aromatic heterocycles. The van der Waals surface area contributed by atoms with Crippen molar-refractivity contribution >= 4 is 0 Å². The lowest BCUT2D eigenvalue weighted by Gasteiger charge is -2.14. The highest BCUT2D eigenvalue weighted by atomic mass is 16.3. The third kappa shape index (κ3) is 4.88. The molecule has 0 aliphatic heterocycles. The summed E-state index contributed by atoms with van der Waals surface area (Å²) < 4.78 is 0. The fraction of sp³-hybridized carbons (Fsp3) is 0.545. The van der Waals surface area contributed by atoms with Crippen molar-refractivity contribution in [3.05, 3.63) is 30.1 Å². The van der Waals surface area contributed by atoms with Crippen LogP contribution in [-0.4, -0.2) is 41.0 Å². The Kier molecular flexibility index (Phi) is 5.92. The number of aliphatic hydroxyl groups excluding tert-OH is 2. The highest BCUT2D eigenvalue weighted by molar-refractivity contribution is 5.09. The second kappa shape index (κ2) is 7.34. The Morgan fingerprint density at radius 2 is 2.00 bits per heavy atom. The van der Waals surface area contributed by atoms with Crippen molar-refractivity contribution in [3.8, 4) is 0 Å². The van der Waals surface area contributed by atoms with Crippen molar-refractivity contribution in [3.63, 3.8) is 0 Å². The van der Waals surface area contributed by atoms with Crippen LogP contribution < -0.4 is 5.32 Å². The molecule has 0 aliphatic rings. The van der Waals surface area contributed by atoms with Crippen LogP contribution in [0.25, 0.3) is 0 Å². The van der Waals surface area contributed by atoms with Gasteiger partial charge in [-0.1, -0.05) is 0 Å². The third-order valence-corrected chi connectivity index (χ3v) is 2.29. The van der Waals surface area contributed by atoms with Gasteiger partial charge in [-0.25, -0.2) is 0 Å². The lowest BCUT2D eigenvalue weighted by molar-refractivity contribution is 0.201. The van der Waals surface area contributed by atoms with Gasteiger partial charge in [0.05, 0.1) is 6.61 Å². The molecule has 0 aromatic carbocycles. The molecule has 1 heterocycles. The second-order valence-electron chi connectivity index (χ2n) is 3.45. The summed E-state index contributed by atoms with van der Waals surface area (Å²) in [6.07, 6.45) is 5.04. The Labute approximate surface area is 90.0 Å². The van der Waals surface area contributed by atoms with Gasteiger partial charge in [-0.2, -0.15) is 0 Å². The molecule has 0 saturated heterocycles. The summed E-state index contributed by atoms with van der Waals surface area (Å²) in [5.74, 6) is 0. The first kappa shape index (κ1) is 12.1. The van der Waals surface area contributed by atoms with Crippen LogP contribution in [-0.2, 0) is 6.42 Å². The van der Waals surface area contributed by atoms with Crippen LogP contribution in [0.4, 0.5) is 0 Å². The fourth-order valence-corrected chi connectivity index (χ4v) is 1.38.